The Balaban J connectivity index is 0.00000144. The van der Waals surface area contributed by atoms with Crippen LogP contribution in [0.15, 0.2) is 18.2 Å². The van der Waals surface area contributed by atoms with Gasteiger partial charge in [0.1, 0.15) is 0 Å². The molecule has 1 saturated heterocycles. The maximum Gasteiger partial charge on any atom is 0.254 e. The summed E-state index contributed by atoms with van der Waals surface area (Å²) < 4.78 is 5.87. The first-order chi connectivity index (χ1) is 10.3. The maximum atomic E-state index is 12.9. The summed E-state index contributed by atoms with van der Waals surface area (Å²) in [6, 6.07) is 6.37. The molecular weight excluding hydrogens is 300 g/mol. The van der Waals surface area contributed by atoms with Crippen LogP contribution in [0, 0.1) is 0 Å². The second-order valence-electron chi connectivity index (χ2n) is 6.31. The van der Waals surface area contributed by atoms with Gasteiger partial charge in [-0.25, -0.2) is 0 Å². The number of benzene rings is 1. The maximum absolute atomic E-state index is 12.9. The van der Waals surface area contributed by atoms with Crippen LogP contribution in [0.2, 0.25) is 0 Å². The van der Waals surface area contributed by atoms with E-state index in [1.807, 2.05) is 12.1 Å². The third kappa shape index (κ3) is 2.70. The van der Waals surface area contributed by atoms with Crippen molar-refractivity contribution < 1.29 is 9.53 Å². The molecule has 1 aromatic carbocycles. The summed E-state index contributed by atoms with van der Waals surface area (Å²) in [5.74, 6) is 0.185. The number of amides is 1. The number of ether oxygens (including phenoxy) is 1. The van der Waals surface area contributed by atoms with E-state index in [1.165, 1.54) is 24.1 Å². The topological polar surface area (TPSA) is 41.6 Å². The Morgan fingerprint density at radius 2 is 2.14 bits per heavy atom. The first-order valence-electron chi connectivity index (χ1n) is 8.12. The van der Waals surface area contributed by atoms with Crippen molar-refractivity contribution in [2.75, 3.05) is 25.0 Å². The fourth-order valence-corrected chi connectivity index (χ4v) is 3.95. The minimum atomic E-state index is 0. The third-order valence-corrected chi connectivity index (χ3v) is 5.05. The summed E-state index contributed by atoms with van der Waals surface area (Å²) >= 11 is 0. The van der Waals surface area contributed by atoms with Gasteiger partial charge in [-0.05, 0) is 43.0 Å². The van der Waals surface area contributed by atoms with Crippen molar-refractivity contribution in [1.29, 1.82) is 0 Å². The van der Waals surface area contributed by atoms with Crippen LogP contribution in [0.4, 0.5) is 5.69 Å². The molecule has 2 unspecified atom stereocenters. The van der Waals surface area contributed by atoms with E-state index in [-0.39, 0.29) is 30.5 Å². The van der Waals surface area contributed by atoms with E-state index in [0.29, 0.717) is 6.61 Å². The number of fused-ring (bicyclic) bond motifs is 2. The van der Waals surface area contributed by atoms with Gasteiger partial charge in [0.05, 0.1) is 18.8 Å². The second kappa shape index (κ2) is 6.47. The van der Waals surface area contributed by atoms with Crippen molar-refractivity contribution in [2.45, 2.75) is 44.2 Å². The summed E-state index contributed by atoms with van der Waals surface area (Å²) in [4.78, 5) is 15.0. The van der Waals surface area contributed by atoms with Crippen LogP contribution < -0.4 is 5.32 Å². The van der Waals surface area contributed by atoms with Gasteiger partial charge >= 0.3 is 0 Å². The molecule has 4 rings (SSSR count). The normalized spacial score (nSPS) is 26.5. The molecule has 0 radical (unpaired) electrons. The Bertz CT molecular complexity index is 562. The lowest BCUT2D eigenvalue weighted by Gasteiger charge is -2.43. The molecule has 5 heteroatoms. The number of rotatable bonds is 1. The van der Waals surface area contributed by atoms with E-state index in [4.69, 9.17) is 4.74 Å². The molecule has 2 fully saturated rings. The number of morpholine rings is 1. The van der Waals surface area contributed by atoms with Crippen molar-refractivity contribution in [3.63, 3.8) is 0 Å². The number of anilines is 1. The molecule has 1 N–H and O–H groups in total. The average molecular weight is 323 g/mol. The highest BCUT2D eigenvalue weighted by molar-refractivity contribution is 5.95. The molecule has 2 heterocycles. The van der Waals surface area contributed by atoms with Crippen molar-refractivity contribution in [1.82, 2.24) is 4.90 Å². The Kier molecular flexibility index (Phi) is 4.59. The lowest BCUT2D eigenvalue weighted by molar-refractivity contribution is -0.0752. The zero-order valence-corrected chi connectivity index (χ0v) is 13.5. The molecule has 3 aliphatic rings. The van der Waals surface area contributed by atoms with Gasteiger partial charge in [0, 0.05) is 24.3 Å². The Morgan fingerprint density at radius 1 is 1.27 bits per heavy atom. The lowest BCUT2D eigenvalue weighted by Crippen LogP contribution is -2.54. The van der Waals surface area contributed by atoms with E-state index < -0.39 is 0 Å². The van der Waals surface area contributed by atoms with E-state index in [2.05, 4.69) is 16.3 Å². The first kappa shape index (κ1) is 15.6. The highest BCUT2D eigenvalue weighted by Crippen LogP contribution is 2.30. The standard InChI is InChI=1S/C17H22N2O2.ClH/c20-17(13-5-6-14-12(11-13)7-8-18-14)19-9-10-21-16-4-2-1-3-15(16)19;/h5-6,11,15-16,18H,1-4,7-10H2;1H. The predicted molar refractivity (Wildman–Crippen MR) is 88.9 cm³/mol. The van der Waals surface area contributed by atoms with Crippen LogP contribution in [0.25, 0.3) is 0 Å². The molecule has 0 aromatic heterocycles. The first-order valence-corrected chi connectivity index (χ1v) is 8.12. The molecule has 2 aliphatic heterocycles. The minimum absolute atomic E-state index is 0. The van der Waals surface area contributed by atoms with Crippen molar-refractivity contribution in [3.05, 3.63) is 29.3 Å². The van der Waals surface area contributed by atoms with Crippen molar-refractivity contribution in [3.8, 4) is 0 Å². The van der Waals surface area contributed by atoms with Crippen molar-refractivity contribution in [2.24, 2.45) is 0 Å². The fraction of sp³-hybridized carbons (Fsp3) is 0.588. The molecule has 1 aliphatic carbocycles. The van der Waals surface area contributed by atoms with Gasteiger partial charge in [-0.3, -0.25) is 4.79 Å². The number of carbonyl (C=O) groups is 1. The fourth-order valence-electron chi connectivity index (χ4n) is 3.95. The largest absolute Gasteiger partial charge is 0.384 e. The van der Waals surface area contributed by atoms with Crippen molar-refractivity contribution >= 4 is 24.0 Å². The predicted octanol–water partition coefficient (Wildman–Crippen LogP) is 2.86. The van der Waals surface area contributed by atoms with E-state index in [0.717, 1.165) is 37.9 Å². The van der Waals surface area contributed by atoms with Gasteiger partial charge in [0.2, 0.25) is 0 Å². The molecule has 2 atom stereocenters. The average Bonchev–Trinajstić information content (AvgIpc) is 3.01. The molecular formula is C17H23ClN2O2. The highest BCUT2D eigenvalue weighted by Gasteiger charge is 2.37. The number of halogens is 1. The Hall–Kier alpha value is -1.26. The molecule has 4 nitrogen and oxygen atoms in total. The van der Waals surface area contributed by atoms with Crippen LogP contribution in [0.1, 0.15) is 41.6 Å². The summed E-state index contributed by atoms with van der Waals surface area (Å²) in [6.07, 6.45) is 5.90. The molecule has 1 amide bonds. The van der Waals surface area contributed by atoms with Gasteiger partial charge in [-0.2, -0.15) is 0 Å². The SMILES string of the molecule is Cl.O=C(c1ccc2c(c1)CCN2)N1CCOC2CCCCC21. The zero-order valence-electron chi connectivity index (χ0n) is 12.7. The van der Waals surface area contributed by atoms with E-state index >= 15 is 0 Å². The summed E-state index contributed by atoms with van der Waals surface area (Å²) in [5, 5.41) is 3.35. The molecule has 1 aromatic rings. The molecule has 120 valence electrons. The van der Waals surface area contributed by atoms with Crippen LogP contribution >= 0.6 is 12.4 Å². The van der Waals surface area contributed by atoms with Crippen LogP contribution in [0.3, 0.4) is 0 Å². The molecule has 0 spiro atoms. The number of carbonyl (C=O) groups excluding carboxylic acids is 1. The van der Waals surface area contributed by atoms with E-state index in [9.17, 15) is 4.79 Å². The van der Waals surface area contributed by atoms with Gasteiger partial charge in [0.15, 0.2) is 0 Å². The quantitative estimate of drug-likeness (QED) is 0.864. The highest BCUT2D eigenvalue weighted by atomic mass is 35.5. The summed E-state index contributed by atoms with van der Waals surface area (Å²) in [7, 11) is 0. The second-order valence-corrected chi connectivity index (χ2v) is 6.31. The molecule has 1 saturated carbocycles. The van der Waals surface area contributed by atoms with Crippen LogP contribution in [-0.4, -0.2) is 42.6 Å². The molecule has 0 bridgehead atoms. The smallest absolute Gasteiger partial charge is 0.254 e. The Morgan fingerprint density at radius 3 is 3.05 bits per heavy atom. The van der Waals surface area contributed by atoms with Gasteiger partial charge < -0.3 is 15.0 Å². The monoisotopic (exact) mass is 322 g/mol. The number of nitrogens with one attached hydrogen (secondary N) is 1. The minimum Gasteiger partial charge on any atom is -0.384 e. The number of hydrogen-bond acceptors (Lipinski definition) is 3. The van der Waals surface area contributed by atoms with Crippen LogP contribution in [0.5, 0.6) is 0 Å². The Labute approximate surface area is 137 Å². The van der Waals surface area contributed by atoms with Gasteiger partial charge in [0.25, 0.3) is 5.91 Å². The zero-order chi connectivity index (χ0) is 14.2. The summed E-state index contributed by atoms with van der Waals surface area (Å²) in [6.45, 7) is 2.39. The number of hydrogen-bond donors (Lipinski definition) is 1. The van der Waals surface area contributed by atoms with Gasteiger partial charge in [-0.1, -0.05) is 12.8 Å². The summed E-state index contributed by atoms with van der Waals surface area (Å²) in [5.41, 5.74) is 3.29. The number of nitrogens with zero attached hydrogens (tertiary/aromatic N) is 1. The van der Waals surface area contributed by atoms with E-state index in [1.54, 1.807) is 0 Å². The lowest BCUT2D eigenvalue weighted by atomic mass is 9.89. The third-order valence-electron chi connectivity index (χ3n) is 5.05. The van der Waals surface area contributed by atoms with Crippen LogP contribution in [-0.2, 0) is 11.2 Å². The van der Waals surface area contributed by atoms with Gasteiger partial charge in [-0.15, -0.1) is 12.4 Å². The molecule has 22 heavy (non-hydrogen) atoms.